The number of carbonyl (C=O) groups is 4. The SMILES string of the molecule is CC(=O)CCCNC(=O)CCOCCOCCOCCOCCOCCC(=O)OCCCC(C)=O. The highest BCUT2D eigenvalue weighted by Gasteiger charge is 2.04. The number of hydrogen-bond donors (Lipinski definition) is 1. The third-order valence-corrected chi connectivity index (χ3v) is 4.38. The molecule has 0 aliphatic carbocycles. The summed E-state index contributed by atoms with van der Waals surface area (Å²) in [6, 6.07) is 0. The predicted molar refractivity (Wildman–Crippen MR) is 127 cm³/mol. The number of Topliss-reactive ketones (excluding diaryl/α,β-unsaturated/α-hetero) is 2. The molecule has 0 unspecified atom stereocenters. The maximum Gasteiger partial charge on any atom is 0.308 e. The summed E-state index contributed by atoms with van der Waals surface area (Å²) in [7, 11) is 0. The minimum absolute atomic E-state index is 0.0833. The molecule has 1 amide bonds. The molecule has 0 aromatic heterocycles. The molecule has 0 saturated heterocycles. The summed E-state index contributed by atoms with van der Waals surface area (Å²) >= 11 is 0. The molecule has 0 atom stereocenters. The third kappa shape index (κ3) is 28.2. The molecule has 11 nitrogen and oxygen atoms in total. The average molecular weight is 506 g/mol. The van der Waals surface area contributed by atoms with Gasteiger partial charge in [0.25, 0.3) is 0 Å². The Morgan fingerprint density at radius 1 is 0.514 bits per heavy atom. The van der Waals surface area contributed by atoms with Gasteiger partial charge in [0.1, 0.15) is 11.6 Å². The van der Waals surface area contributed by atoms with E-state index in [-0.39, 0.29) is 49.5 Å². The molecule has 0 rings (SSSR count). The van der Waals surface area contributed by atoms with Crippen molar-refractivity contribution in [3.63, 3.8) is 0 Å². The molecule has 0 aromatic carbocycles. The van der Waals surface area contributed by atoms with Crippen molar-refractivity contribution in [1.29, 1.82) is 0 Å². The second kappa shape index (κ2) is 25.2. The van der Waals surface area contributed by atoms with E-state index in [4.69, 9.17) is 28.4 Å². The first kappa shape index (κ1) is 33.1. The van der Waals surface area contributed by atoms with Crippen LogP contribution in [0, 0.1) is 0 Å². The molecule has 0 aromatic rings. The Bertz CT molecular complexity index is 523. The molecule has 11 heteroatoms. The van der Waals surface area contributed by atoms with Gasteiger partial charge < -0.3 is 43.3 Å². The topological polar surface area (TPSA) is 136 Å². The van der Waals surface area contributed by atoms with Crippen LogP contribution in [0.4, 0.5) is 0 Å². The molecule has 0 spiro atoms. The zero-order chi connectivity index (χ0) is 26.0. The maximum absolute atomic E-state index is 11.6. The summed E-state index contributed by atoms with van der Waals surface area (Å²) in [5, 5.41) is 2.74. The van der Waals surface area contributed by atoms with E-state index in [0.717, 1.165) is 0 Å². The highest BCUT2D eigenvalue weighted by molar-refractivity contribution is 5.77. The predicted octanol–water partition coefficient (Wildman–Crippen LogP) is 1.25. The molecule has 0 fully saturated rings. The Hall–Kier alpha value is -1.92. The van der Waals surface area contributed by atoms with Gasteiger partial charge in [0.05, 0.1) is 79.1 Å². The summed E-state index contributed by atoms with van der Waals surface area (Å²) in [6.07, 6.45) is 2.56. The molecule has 204 valence electrons. The minimum atomic E-state index is -0.335. The Morgan fingerprint density at radius 2 is 0.943 bits per heavy atom. The van der Waals surface area contributed by atoms with Gasteiger partial charge in [-0.3, -0.25) is 9.59 Å². The normalized spacial score (nSPS) is 10.8. The molecule has 1 N–H and O–H groups in total. The molecule has 0 aliphatic rings. The monoisotopic (exact) mass is 505 g/mol. The number of hydrogen-bond acceptors (Lipinski definition) is 10. The van der Waals surface area contributed by atoms with E-state index >= 15 is 0 Å². The van der Waals surface area contributed by atoms with E-state index in [0.29, 0.717) is 91.7 Å². The van der Waals surface area contributed by atoms with Gasteiger partial charge >= 0.3 is 5.97 Å². The molecule has 0 saturated carbocycles. The lowest BCUT2D eigenvalue weighted by molar-refractivity contribution is -0.145. The van der Waals surface area contributed by atoms with Crippen molar-refractivity contribution < 1.29 is 47.6 Å². The van der Waals surface area contributed by atoms with Gasteiger partial charge in [0.15, 0.2) is 0 Å². The van der Waals surface area contributed by atoms with Crippen LogP contribution >= 0.6 is 0 Å². The lowest BCUT2D eigenvalue weighted by Crippen LogP contribution is -2.26. The van der Waals surface area contributed by atoms with E-state index in [1.54, 1.807) is 0 Å². The summed E-state index contributed by atoms with van der Waals surface area (Å²) in [5.41, 5.74) is 0. The van der Waals surface area contributed by atoms with Gasteiger partial charge in [0.2, 0.25) is 5.91 Å². The fraction of sp³-hybridized carbons (Fsp3) is 0.833. The van der Waals surface area contributed by atoms with E-state index in [9.17, 15) is 19.2 Å². The van der Waals surface area contributed by atoms with Crippen molar-refractivity contribution in [2.75, 3.05) is 79.2 Å². The van der Waals surface area contributed by atoms with Crippen LogP contribution < -0.4 is 5.32 Å². The van der Waals surface area contributed by atoms with Gasteiger partial charge in [-0.1, -0.05) is 0 Å². The first-order valence-electron chi connectivity index (χ1n) is 12.2. The Morgan fingerprint density at radius 3 is 1.43 bits per heavy atom. The summed E-state index contributed by atoms with van der Waals surface area (Å²) in [6.45, 7) is 7.75. The quantitative estimate of drug-likeness (QED) is 0.135. The van der Waals surface area contributed by atoms with E-state index in [1.165, 1.54) is 13.8 Å². The number of rotatable bonds is 26. The largest absolute Gasteiger partial charge is 0.466 e. The number of esters is 1. The van der Waals surface area contributed by atoms with Crippen molar-refractivity contribution in [3.05, 3.63) is 0 Å². The van der Waals surface area contributed by atoms with Crippen LogP contribution in [0.15, 0.2) is 0 Å². The number of nitrogens with one attached hydrogen (secondary N) is 1. The zero-order valence-electron chi connectivity index (χ0n) is 21.3. The number of ketones is 2. The highest BCUT2D eigenvalue weighted by atomic mass is 16.6. The second-order valence-electron chi connectivity index (χ2n) is 7.74. The third-order valence-electron chi connectivity index (χ3n) is 4.38. The van der Waals surface area contributed by atoms with E-state index in [2.05, 4.69) is 5.32 Å². The molecular formula is C24H43NO10. The number of amides is 1. The molecule has 0 bridgehead atoms. The van der Waals surface area contributed by atoms with Gasteiger partial charge in [-0.2, -0.15) is 0 Å². The minimum Gasteiger partial charge on any atom is -0.466 e. The summed E-state index contributed by atoms with van der Waals surface area (Å²) in [5.74, 6) is -0.218. The fourth-order valence-electron chi connectivity index (χ4n) is 2.53. The summed E-state index contributed by atoms with van der Waals surface area (Å²) in [4.78, 5) is 44.6. The maximum atomic E-state index is 11.6. The van der Waals surface area contributed by atoms with Gasteiger partial charge in [-0.05, 0) is 26.7 Å². The average Bonchev–Trinajstić information content (AvgIpc) is 2.81. The highest BCUT2D eigenvalue weighted by Crippen LogP contribution is 1.95. The van der Waals surface area contributed by atoms with Gasteiger partial charge in [-0.15, -0.1) is 0 Å². The first-order chi connectivity index (χ1) is 16.9. The molecule has 35 heavy (non-hydrogen) atoms. The fourth-order valence-corrected chi connectivity index (χ4v) is 2.53. The van der Waals surface area contributed by atoms with E-state index < -0.39 is 0 Å². The van der Waals surface area contributed by atoms with Crippen molar-refractivity contribution >= 4 is 23.4 Å². The Labute approximate surface area is 208 Å². The van der Waals surface area contributed by atoms with Crippen molar-refractivity contribution in [2.45, 2.75) is 52.4 Å². The molecule has 0 heterocycles. The molecular weight excluding hydrogens is 462 g/mol. The van der Waals surface area contributed by atoms with Crippen LogP contribution in [0.1, 0.15) is 52.4 Å². The van der Waals surface area contributed by atoms with Crippen LogP contribution in [0.5, 0.6) is 0 Å². The number of carbonyl (C=O) groups excluding carboxylic acids is 4. The number of ether oxygens (including phenoxy) is 6. The van der Waals surface area contributed by atoms with Crippen molar-refractivity contribution in [3.8, 4) is 0 Å². The molecule has 0 radical (unpaired) electrons. The second-order valence-corrected chi connectivity index (χ2v) is 7.74. The van der Waals surface area contributed by atoms with Crippen LogP contribution in [0.3, 0.4) is 0 Å². The van der Waals surface area contributed by atoms with E-state index in [1.807, 2.05) is 0 Å². The van der Waals surface area contributed by atoms with Gasteiger partial charge in [-0.25, -0.2) is 0 Å². The van der Waals surface area contributed by atoms with Crippen LogP contribution in [-0.2, 0) is 47.6 Å². The lowest BCUT2D eigenvalue weighted by Gasteiger charge is -2.08. The zero-order valence-corrected chi connectivity index (χ0v) is 21.3. The van der Waals surface area contributed by atoms with Crippen LogP contribution in [0.25, 0.3) is 0 Å². The standard InChI is InChI=1S/C24H43NO10/c1-21(26)5-3-9-25-23(28)7-11-30-13-15-32-17-19-34-20-18-33-16-14-31-12-8-24(29)35-10-4-6-22(2)27/h3-20H2,1-2H3,(H,25,28). The summed E-state index contributed by atoms with van der Waals surface area (Å²) < 4.78 is 31.8. The van der Waals surface area contributed by atoms with Crippen molar-refractivity contribution in [2.24, 2.45) is 0 Å². The lowest BCUT2D eigenvalue weighted by atomic mass is 10.2. The Balaban J connectivity index is 3.20. The van der Waals surface area contributed by atoms with Gasteiger partial charge in [0, 0.05) is 25.8 Å². The Kier molecular flexibility index (Phi) is 23.8. The van der Waals surface area contributed by atoms with Crippen LogP contribution in [0.2, 0.25) is 0 Å². The smallest absolute Gasteiger partial charge is 0.308 e. The first-order valence-corrected chi connectivity index (χ1v) is 12.2. The van der Waals surface area contributed by atoms with Crippen molar-refractivity contribution in [1.82, 2.24) is 5.32 Å². The van der Waals surface area contributed by atoms with Crippen LogP contribution in [-0.4, -0.2) is 103 Å². The molecule has 0 aliphatic heterocycles.